The van der Waals surface area contributed by atoms with Crippen LogP contribution in [0, 0.1) is 0 Å². The van der Waals surface area contributed by atoms with Crippen LogP contribution in [-0.4, -0.2) is 37.5 Å². The van der Waals surface area contributed by atoms with Crippen molar-refractivity contribution in [3.05, 3.63) is 0 Å². The first-order chi connectivity index (χ1) is 6.98. The fourth-order valence-electron chi connectivity index (χ4n) is 1.91. The van der Waals surface area contributed by atoms with Gasteiger partial charge in [-0.25, -0.2) is 0 Å². The van der Waals surface area contributed by atoms with Crippen molar-refractivity contribution in [1.29, 1.82) is 0 Å². The molecule has 3 nitrogen and oxygen atoms in total. The number of ether oxygens (including phenoxy) is 2. The Morgan fingerprint density at radius 3 is 2.47 bits per heavy atom. The second-order valence-corrected chi connectivity index (χ2v) is 5.23. The molecular formula is C12H25NO2. The Hall–Kier alpha value is -0.120. The van der Waals surface area contributed by atoms with Gasteiger partial charge in [0.05, 0.1) is 17.8 Å². The quantitative estimate of drug-likeness (QED) is 0.760. The van der Waals surface area contributed by atoms with E-state index in [9.17, 15) is 0 Å². The Morgan fingerprint density at radius 1 is 1.33 bits per heavy atom. The molecule has 0 aliphatic heterocycles. The van der Waals surface area contributed by atoms with Crippen molar-refractivity contribution in [3.63, 3.8) is 0 Å². The lowest BCUT2D eigenvalue weighted by Crippen LogP contribution is -2.60. The minimum atomic E-state index is -0.0722. The van der Waals surface area contributed by atoms with Gasteiger partial charge in [0.2, 0.25) is 0 Å². The van der Waals surface area contributed by atoms with Crippen LogP contribution in [-0.2, 0) is 9.47 Å². The molecule has 3 atom stereocenters. The minimum Gasteiger partial charge on any atom is -0.374 e. The van der Waals surface area contributed by atoms with Crippen molar-refractivity contribution in [3.8, 4) is 0 Å². The lowest BCUT2D eigenvalue weighted by molar-refractivity contribution is -0.186. The summed E-state index contributed by atoms with van der Waals surface area (Å²) in [7, 11) is 1.99. The van der Waals surface area contributed by atoms with E-state index < -0.39 is 0 Å². The van der Waals surface area contributed by atoms with E-state index >= 15 is 0 Å². The molecule has 0 saturated heterocycles. The summed E-state index contributed by atoms with van der Waals surface area (Å²) in [6.07, 6.45) is 2.61. The molecule has 3 heteroatoms. The van der Waals surface area contributed by atoms with Crippen LogP contribution >= 0.6 is 0 Å². The Morgan fingerprint density at radius 2 is 2.00 bits per heavy atom. The fourth-order valence-corrected chi connectivity index (χ4v) is 1.91. The van der Waals surface area contributed by atoms with E-state index in [2.05, 4.69) is 33.0 Å². The average molecular weight is 215 g/mol. The number of hydrogen-bond acceptors (Lipinski definition) is 3. The fraction of sp³-hybridized carbons (Fsp3) is 1.00. The average Bonchev–Trinajstić information content (AvgIpc) is 2.10. The standard InChI is InChI=1S/C12H25NO2/c1-6-7-14-11-9(13-5)8-10(11)15-12(2,3)4/h9-11,13H,6-8H2,1-5H3. The highest BCUT2D eigenvalue weighted by Crippen LogP contribution is 2.30. The van der Waals surface area contributed by atoms with E-state index in [4.69, 9.17) is 9.47 Å². The molecule has 0 radical (unpaired) electrons. The maximum atomic E-state index is 5.95. The summed E-state index contributed by atoms with van der Waals surface area (Å²) < 4.78 is 11.8. The molecule has 1 rings (SSSR count). The Bertz CT molecular complexity index is 189. The second-order valence-electron chi connectivity index (χ2n) is 5.23. The van der Waals surface area contributed by atoms with E-state index in [0.717, 1.165) is 19.4 Å². The van der Waals surface area contributed by atoms with E-state index in [1.54, 1.807) is 0 Å². The summed E-state index contributed by atoms with van der Waals surface area (Å²) in [6, 6.07) is 0.462. The molecule has 0 aromatic carbocycles. The molecular weight excluding hydrogens is 190 g/mol. The Kier molecular flexibility index (Phi) is 4.56. The minimum absolute atomic E-state index is 0.0722. The third-order valence-corrected chi connectivity index (χ3v) is 2.64. The summed E-state index contributed by atoms with van der Waals surface area (Å²) in [5.41, 5.74) is -0.0722. The highest BCUT2D eigenvalue weighted by Gasteiger charge is 2.43. The molecule has 1 aliphatic rings. The Labute approximate surface area is 93.5 Å². The predicted molar refractivity (Wildman–Crippen MR) is 62.1 cm³/mol. The molecule has 1 N–H and O–H groups in total. The van der Waals surface area contributed by atoms with Gasteiger partial charge in [-0.1, -0.05) is 6.92 Å². The van der Waals surface area contributed by atoms with Gasteiger partial charge in [-0.05, 0) is 40.7 Å². The van der Waals surface area contributed by atoms with Crippen LogP contribution in [0.2, 0.25) is 0 Å². The second kappa shape index (κ2) is 5.28. The van der Waals surface area contributed by atoms with Gasteiger partial charge in [-0.2, -0.15) is 0 Å². The first kappa shape index (κ1) is 12.9. The third-order valence-electron chi connectivity index (χ3n) is 2.64. The van der Waals surface area contributed by atoms with Crippen molar-refractivity contribution in [1.82, 2.24) is 5.32 Å². The molecule has 0 bridgehead atoms. The maximum absolute atomic E-state index is 5.95. The zero-order valence-corrected chi connectivity index (χ0v) is 10.7. The SMILES string of the molecule is CCCOC1C(NC)CC1OC(C)(C)C. The number of hydrogen-bond donors (Lipinski definition) is 1. The molecule has 0 aromatic rings. The summed E-state index contributed by atoms with van der Waals surface area (Å²) in [5.74, 6) is 0. The summed E-state index contributed by atoms with van der Waals surface area (Å²) >= 11 is 0. The largest absolute Gasteiger partial charge is 0.374 e. The van der Waals surface area contributed by atoms with Gasteiger partial charge in [-0.15, -0.1) is 0 Å². The first-order valence-corrected chi connectivity index (χ1v) is 5.94. The molecule has 0 aromatic heterocycles. The molecule has 1 fully saturated rings. The smallest absolute Gasteiger partial charge is 0.0990 e. The number of likely N-dealkylation sites (N-methyl/N-ethyl adjacent to an activating group) is 1. The monoisotopic (exact) mass is 215 g/mol. The summed E-state index contributed by atoms with van der Waals surface area (Å²) in [5, 5.41) is 3.27. The van der Waals surface area contributed by atoms with Crippen LogP contribution in [0.3, 0.4) is 0 Å². The van der Waals surface area contributed by atoms with Crippen molar-refractivity contribution in [2.75, 3.05) is 13.7 Å². The van der Waals surface area contributed by atoms with Crippen LogP contribution in [0.1, 0.15) is 40.5 Å². The molecule has 15 heavy (non-hydrogen) atoms. The maximum Gasteiger partial charge on any atom is 0.0990 e. The molecule has 90 valence electrons. The molecule has 0 heterocycles. The van der Waals surface area contributed by atoms with Crippen LogP contribution in [0.5, 0.6) is 0 Å². The Balaban J connectivity index is 2.39. The van der Waals surface area contributed by atoms with Gasteiger partial charge in [0.25, 0.3) is 0 Å². The predicted octanol–water partition coefficient (Wildman–Crippen LogP) is 1.96. The molecule has 0 amide bonds. The van der Waals surface area contributed by atoms with Gasteiger partial charge in [-0.3, -0.25) is 0 Å². The van der Waals surface area contributed by atoms with Crippen molar-refractivity contribution < 1.29 is 9.47 Å². The van der Waals surface area contributed by atoms with Crippen molar-refractivity contribution >= 4 is 0 Å². The highest BCUT2D eigenvalue weighted by atomic mass is 16.6. The summed E-state index contributed by atoms with van der Waals surface area (Å²) in [4.78, 5) is 0. The molecule has 0 spiro atoms. The zero-order valence-electron chi connectivity index (χ0n) is 10.7. The van der Waals surface area contributed by atoms with Crippen molar-refractivity contribution in [2.45, 2.75) is 64.4 Å². The molecule has 1 saturated carbocycles. The van der Waals surface area contributed by atoms with Crippen LogP contribution < -0.4 is 5.32 Å². The van der Waals surface area contributed by atoms with Crippen LogP contribution in [0.15, 0.2) is 0 Å². The topological polar surface area (TPSA) is 30.5 Å². The lowest BCUT2D eigenvalue weighted by Gasteiger charge is -2.46. The van der Waals surface area contributed by atoms with Gasteiger partial charge in [0.15, 0.2) is 0 Å². The zero-order chi connectivity index (χ0) is 11.5. The van der Waals surface area contributed by atoms with Gasteiger partial charge >= 0.3 is 0 Å². The lowest BCUT2D eigenvalue weighted by atomic mass is 9.84. The van der Waals surface area contributed by atoms with E-state index in [1.807, 2.05) is 7.05 Å². The number of rotatable bonds is 5. The van der Waals surface area contributed by atoms with Crippen LogP contribution in [0.4, 0.5) is 0 Å². The first-order valence-electron chi connectivity index (χ1n) is 5.94. The summed E-state index contributed by atoms with van der Waals surface area (Å²) in [6.45, 7) is 9.24. The van der Waals surface area contributed by atoms with E-state index in [0.29, 0.717) is 6.04 Å². The number of nitrogens with one attached hydrogen (secondary N) is 1. The van der Waals surface area contributed by atoms with Crippen molar-refractivity contribution in [2.24, 2.45) is 0 Å². The van der Waals surface area contributed by atoms with Gasteiger partial charge in [0.1, 0.15) is 0 Å². The molecule has 1 aliphatic carbocycles. The van der Waals surface area contributed by atoms with E-state index in [-0.39, 0.29) is 17.8 Å². The third kappa shape index (κ3) is 3.74. The normalized spacial score (nSPS) is 31.4. The highest BCUT2D eigenvalue weighted by molar-refractivity contribution is 4.97. The van der Waals surface area contributed by atoms with Gasteiger partial charge < -0.3 is 14.8 Å². The molecule has 3 unspecified atom stereocenters. The van der Waals surface area contributed by atoms with Gasteiger partial charge in [0, 0.05) is 12.6 Å². The van der Waals surface area contributed by atoms with E-state index in [1.165, 1.54) is 0 Å². The van der Waals surface area contributed by atoms with Crippen LogP contribution in [0.25, 0.3) is 0 Å².